The Labute approximate surface area is 140 Å². The van der Waals surface area contributed by atoms with Crippen LogP contribution in [0.15, 0.2) is 23.1 Å². The van der Waals surface area contributed by atoms with Gasteiger partial charge in [0.15, 0.2) is 0 Å². The molecule has 0 radical (unpaired) electrons. The summed E-state index contributed by atoms with van der Waals surface area (Å²) in [4.78, 5) is 24.5. The first-order valence-electron chi connectivity index (χ1n) is 5.74. The van der Waals surface area contributed by atoms with Crippen LogP contribution in [-0.2, 0) is 9.59 Å². The number of carbonyl (C=O) groups excluding carboxylic acids is 2. The quantitative estimate of drug-likeness (QED) is 0.611. The fourth-order valence-electron chi connectivity index (χ4n) is 1.67. The van der Waals surface area contributed by atoms with E-state index >= 15 is 0 Å². The highest BCUT2D eigenvalue weighted by atomic mass is 35.5. The molecule has 0 bridgehead atoms. The maximum Gasteiger partial charge on any atom is 0.266 e. The fourth-order valence-corrected chi connectivity index (χ4v) is 3.40. The summed E-state index contributed by atoms with van der Waals surface area (Å²) in [7, 11) is 0. The summed E-state index contributed by atoms with van der Waals surface area (Å²) in [5.74, 6) is -1.82. The summed E-state index contributed by atoms with van der Waals surface area (Å²) in [5, 5.41) is 11.7. The first kappa shape index (κ1) is 16.3. The molecule has 1 unspecified atom stereocenters. The zero-order valence-electron chi connectivity index (χ0n) is 10.6. The van der Waals surface area contributed by atoms with Crippen LogP contribution in [0.2, 0.25) is 10.0 Å². The molecular formula is C13H8Cl2NO3S2-. The number of thiocarbonyl (C=S) groups is 1. The number of benzene rings is 1. The third kappa shape index (κ3) is 3.40. The molecule has 1 fully saturated rings. The molecule has 2 rings (SSSR count). The van der Waals surface area contributed by atoms with Gasteiger partial charge in [-0.15, -0.1) is 0 Å². The fraction of sp³-hybridized carbons (Fsp3) is 0.154. The van der Waals surface area contributed by atoms with Crippen LogP contribution in [0, 0.1) is 0 Å². The lowest BCUT2D eigenvalue weighted by Crippen LogP contribution is -2.48. The lowest BCUT2D eigenvalue weighted by molar-refractivity contribution is -0.309. The van der Waals surface area contributed by atoms with Crippen molar-refractivity contribution in [3.63, 3.8) is 0 Å². The van der Waals surface area contributed by atoms with E-state index in [1.54, 1.807) is 24.3 Å². The minimum atomic E-state index is -1.36. The van der Waals surface area contributed by atoms with Gasteiger partial charge in [0.05, 0.1) is 27.0 Å². The van der Waals surface area contributed by atoms with Gasteiger partial charge in [-0.3, -0.25) is 9.69 Å². The van der Waals surface area contributed by atoms with Crippen LogP contribution in [-0.4, -0.2) is 27.1 Å². The maximum atomic E-state index is 12.2. The molecule has 1 amide bonds. The van der Waals surface area contributed by atoms with Crippen molar-refractivity contribution in [2.75, 3.05) is 0 Å². The predicted octanol–water partition coefficient (Wildman–Crippen LogP) is 2.33. The molecule has 1 saturated heterocycles. The molecule has 110 valence electrons. The number of carboxylic acid groups (broad SMARTS) is 1. The van der Waals surface area contributed by atoms with Crippen LogP contribution in [0.25, 0.3) is 6.08 Å². The Kier molecular flexibility index (Phi) is 4.93. The lowest BCUT2D eigenvalue weighted by Gasteiger charge is -2.23. The molecular weight excluding hydrogens is 353 g/mol. The maximum absolute atomic E-state index is 12.2. The highest BCUT2D eigenvalue weighted by molar-refractivity contribution is 8.26. The number of carboxylic acids is 1. The number of thioether (sulfide) groups is 1. The topological polar surface area (TPSA) is 60.4 Å². The summed E-state index contributed by atoms with van der Waals surface area (Å²) >= 11 is 17.8. The number of amides is 1. The molecule has 1 heterocycles. The molecule has 21 heavy (non-hydrogen) atoms. The van der Waals surface area contributed by atoms with Gasteiger partial charge in [0.25, 0.3) is 5.91 Å². The van der Waals surface area contributed by atoms with Crippen molar-refractivity contribution in [2.24, 2.45) is 0 Å². The molecule has 1 aliphatic rings. The molecule has 1 atom stereocenters. The molecule has 1 aromatic rings. The van der Waals surface area contributed by atoms with Crippen molar-refractivity contribution in [1.29, 1.82) is 0 Å². The van der Waals surface area contributed by atoms with Crippen LogP contribution in [0.1, 0.15) is 12.5 Å². The zero-order valence-corrected chi connectivity index (χ0v) is 13.8. The minimum Gasteiger partial charge on any atom is -0.548 e. The third-order valence-electron chi connectivity index (χ3n) is 2.79. The van der Waals surface area contributed by atoms with Gasteiger partial charge in [0.2, 0.25) is 0 Å². The number of aliphatic carboxylic acids is 1. The van der Waals surface area contributed by atoms with E-state index in [4.69, 9.17) is 35.4 Å². The molecule has 0 aliphatic carbocycles. The Morgan fingerprint density at radius 1 is 1.43 bits per heavy atom. The van der Waals surface area contributed by atoms with E-state index in [2.05, 4.69) is 0 Å². The van der Waals surface area contributed by atoms with E-state index in [0.29, 0.717) is 20.5 Å². The van der Waals surface area contributed by atoms with Gasteiger partial charge in [-0.2, -0.15) is 0 Å². The molecule has 0 saturated carbocycles. The van der Waals surface area contributed by atoms with Gasteiger partial charge in [-0.1, -0.05) is 53.2 Å². The van der Waals surface area contributed by atoms with E-state index in [1.165, 1.54) is 6.92 Å². The van der Waals surface area contributed by atoms with E-state index in [-0.39, 0.29) is 4.32 Å². The van der Waals surface area contributed by atoms with Crippen molar-refractivity contribution in [1.82, 2.24) is 4.90 Å². The average molecular weight is 361 g/mol. The third-order valence-corrected chi connectivity index (χ3v) is 4.86. The second kappa shape index (κ2) is 6.36. The van der Waals surface area contributed by atoms with Crippen molar-refractivity contribution in [3.05, 3.63) is 38.7 Å². The van der Waals surface area contributed by atoms with Gasteiger partial charge in [0.1, 0.15) is 4.32 Å². The summed E-state index contributed by atoms with van der Waals surface area (Å²) in [6, 6.07) is 3.80. The van der Waals surface area contributed by atoms with E-state index in [1.807, 2.05) is 0 Å². The molecule has 0 spiro atoms. The second-order valence-electron chi connectivity index (χ2n) is 4.22. The standard InChI is InChI=1S/C13H9Cl2NO3S2/c1-6(12(18)19)16-11(17)10(21-13(16)20)5-7-2-3-8(14)9(15)4-7/h2-6H,1H3,(H,18,19)/p-1. The molecule has 1 aromatic carbocycles. The predicted molar refractivity (Wildman–Crippen MR) is 85.9 cm³/mol. The Bertz CT molecular complexity index is 675. The average Bonchev–Trinajstić information content (AvgIpc) is 2.68. The summed E-state index contributed by atoms with van der Waals surface area (Å²) in [6.45, 7) is 1.35. The molecule has 4 nitrogen and oxygen atoms in total. The van der Waals surface area contributed by atoms with Gasteiger partial charge in [0, 0.05) is 0 Å². The number of hydrogen-bond donors (Lipinski definition) is 0. The highest BCUT2D eigenvalue weighted by Gasteiger charge is 2.35. The van der Waals surface area contributed by atoms with Crippen LogP contribution < -0.4 is 5.11 Å². The first-order chi connectivity index (χ1) is 9.81. The van der Waals surface area contributed by atoms with Gasteiger partial charge in [-0.05, 0) is 30.7 Å². The Hall–Kier alpha value is -1.08. The van der Waals surface area contributed by atoms with Crippen molar-refractivity contribution < 1.29 is 14.7 Å². The van der Waals surface area contributed by atoms with E-state index in [0.717, 1.165) is 16.7 Å². The van der Waals surface area contributed by atoms with Crippen LogP contribution in [0.5, 0.6) is 0 Å². The molecule has 1 aliphatic heterocycles. The van der Waals surface area contributed by atoms with Gasteiger partial charge >= 0.3 is 0 Å². The highest BCUT2D eigenvalue weighted by Crippen LogP contribution is 2.34. The number of halogens is 2. The smallest absolute Gasteiger partial charge is 0.266 e. The number of nitrogens with zero attached hydrogens (tertiary/aromatic N) is 1. The normalized spacial score (nSPS) is 18.4. The SMILES string of the molecule is CC(C(=O)[O-])N1C(=O)C(=Cc2ccc(Cl)c(Cl)c2)SC1=S. The number of rotatable bonds is 3. The molecule has 0 aromatic heterocycles. The van der Waals surface area contributed by atoms with E-state index < -0.39 is 17.9 Å². The van der Waals surface area contributed by atoms with Crippen LogP contribution >= 0.6 is 47.2 Å². The summed E-state index contributed by atoms with van der Waals surface area (Å²) in [5.41, 5.74) is 0.672. The Morgan fingerprint density at radius 2 is 2.10 bits per heavy atom. The number of hydrogen-bond acceptors (Lipinski definition) is 5. The van der Waals surface area contributed by atoms with Crippen LogP contribution in [0.4, 0.5) is 0 Å². The summed E-state index contributed by atoms with van der Waals surface area (Å²) < 4.78 is 0.183. The second-order valence-corrected chi connectivity index (χ2v) is 6.71. The molecule has 0 N–H and O–H groups in total. The molecule has 8 heteroatoms. The Balaban J connectivity index is 2.32. The van der Waals surface area contributed by atoms with Crippen molar-refractivity contribution in [2.45, 2.75) is 13.0 Å². The lowest BCUT2D eigenvalue weighted by atomic mass is 10.2. The first-order valence-corrected chi connectivity index (χ1v) is 7.72. The van der Waals surface area contributed by atoms with Crippen LogP contribution in [0.3, 0.4) is 0 Å². The van der Waals surface area contributed by atoms with Gasteiger partial charge < -0.3 is 9.90 Å². The number of carbonyl (C=O) groups is 2. The zero-order chi connectivity index (χ0) is 15.7. The van der Waals surface area contributed by atoms with Gasteiger partial charge in [-0.25, -0.2) is 0 Å². The summed E-state index contributed by atoms with van der Waals surface area (Å²) in [6.07, 6.45) is 1.59. The monoisotopic (exact) mass is 360 g/mol. The van der Waals surface area contributed by atoms with Crippen molar-refractivity contribution in [3.8, 4) is 0 Å². The largest absolute Gasteiger partial charge is 0.548 e. The minimum absolute atomic E-state index is 0.183. The van der Waals surface area contributed by atoms with E-state index in [9.17, 15) is 14.7 Å². The Morgan fingerprint density at radius 3 is 2.67 bits per heavy atom. The van der Waals surface area contributed by atoms with Crippen molar-refractivity contribution >= 4 is 69.5 Å².